The van der Waals surface area contributed by atoms with E-state index < -0.39 is 0 Å². The van der Waals surface area contributed by atoms with Crippen LogP contribution < -0.4 is 9.47 Å². The van der Waals surface area contributed by atoms with Gasteiger partial charge in [-0.15, -0.1) is 0 Å². The maximum absolute atomic E-state index is 12.9. The lowest BCUT2D eigenvalue weighted by atomic mass is 9.46. The number of rotatable bonds is 3. The molecular formula is C24H29NO3. The van der Waals surface area contributed by atoms with Gasteiger partial charge in [-0.05, 0) is 69.5 Å². The molecule has 2 bridgehead atoms. The van der Waals surface area contributed by atoms with E-state index in [1.165, 1.54) is 36.1 Å². The number of ether oxygens (including phenoxy) is 2. The van der Waals surface area contributed by atoms with E-state index >= 15 is 0 Å². The van der Waals surface area contributed by atoms with E-state index in [4.69, 9.17) is 9.47 Å². The van der Waals surface area contributed by atoms with Crippen LogP contribution in [0.25, 0.3) is 0 Å². The van der Waals surface area contributed by atoms with E-state index in [1.807, 2.05) is 6.07 Å². The van der Waals surface area contributed by atoms with Crippen LogP contribution in [0.4, 0.5) is 0 Å². The first-order chi connectivity index (χ1) is 13.6. The maximum Gasteiger partial charge on any atom is 0.312 e. The molecule has 3 atom stereocenters. The molecule has 148 valence electrons. The van der Waals surface area contributed by atoms with E-state index in [1.54, 1.807) is 7.11 Å². The summed E-state index contributed by atoms with van der Waals surface area (Å²) in [7, 11) is 1.67. The monoisotopic (exact) mass is 379 g/mol. The average molecular weight is 380 g/mol. The van der Waals surface area contributed by atoms with Crippen LogP contribution in [0.3, 0.4) is 0 Å². The zero-order valence-electron chi connectivity index (χ0n) is 16.9. The Labute approximate surface area is 166 Å². The van der Waals surface area contributed by atoms with Crippen LogP contribution in [-0.2, 0) is 16.6 Å². The second-order valence-electron chi connectivity index (χ2n) is 9.80. The molecule has 0 N–H and O–H groups in total. The number of benzene rings is 1. The number of piperidine rings is 1. The zero-order chi connectivity index (χ0) is 19.1. The highest BCUT2D eigenvalue weighted by Crippen LogP contribution is 2.67. The Kier molecular flexibility index (Phi) is 3.43. The topological polar surface area (TPSA) is 38.8 Å². The minimum absolute atomic E-state index is 0.0534. The molecule has 1 aromatic carbocycles. The average Bonchev–Trinajstić information content (AvgIpc) is 3.40. The molecule has 3 aliphatic carbocycles. The van der Waals surface area contributed by atoms with Crippen LogP contribution in [0.1, 0.15) is 56.6 Å². The number of carbonyl (C=O) groups is 1. The molecular weight excluding hydrogens is 350 g/mol. The van der Waals surface area contributed by atoms with Gasteiger partial charge in [-0.2, -0.15) is 0 Å². The van der Waals surface area contributed by atoms with Crippen molar-refractivity contribution in [2.45, 2.75) is 63.3 Å². The van der Waals surface area contributed by atoms with Gasteiger partial charge in [-0.1, -0.05) is 17.7 Å². The lowest BCUT2D eigenvalue weighted by Crippen LogP contribution is -2.67. The van der Waals surface area contributed by atoms with Gasteiger partial charge < -0.3 is 9.47 Å². The molecule has 0 amide bonds. The number of nitrogens with zero attached hydrogens (tertiary/aromatic N) is 1. The molecule has 4 nitrogen and oxygen atoms in total. The molecule has 0 radical (unpaired) electrons. The second kappa shape index (κ2) is 5.63. The standard InChI is InChI=1S/C24H29NO3/c1-15-7-8-23(12-15)19-11-17-5-6-18(27-2)22-21(17)24(23,13-20(26)28-22)9-10-25(19)14-16-3-4-16/h5-6,12,16,19H,3-4,7-11,13-14H2,1-2H3/t19-,23+,24-/m0/s1. The third-order valence-electron chi connectivity index (χ3n) is 8.36. The Balaban J connectivity index is 1.59. The predicted octanol–water partition coefficient (Wildman–Crippen LogP) is 4.01. The summed E-state index contributed by atoms with van der Waals surface area (Å²) in [6.07, 6.45) is 10.3. The van der Waals surface area contributed by atoms with E-state index in [-0.39, 0.29) is 16.8 Å². The highest BCUT2D eigenvalue weighted by molar-refractivity contribution is 5.81. The fraction of sp³-hybridized carbons (Fsp3) is 0.625. The van der Waals surface area contributed by atoms with Crippen molar-refractivity contribution in [3.05, 3.63) is 34.9 Å². The summed E-state index contributed by atoms with van der Waals surface area (Å²) in [6.45, 7) is 4.60. The number of likely N-dealkylation sites (tertiary alicyclic amines) is 1. The molecule has 2 fully saturated rings. The first kappa shape index (κ1) is 17.1. The lowest BCUT2D eigenvalue weighted by molar-refractivity contribution is -0.143. The van der Waals surface area contributed by atoms with Crippen LogP contribution in [0.15, 0.2) is 23.8 Å². The first-order valence-corrected chi connectivity index (χ1v) is 10.9. The molecule has 4 heteroatoms. The number of hydrogen-bond acceptors (Lipinski definition) is 4. The Morgan fingerprint density at radius 1 is 1.29 bits per heavy atom. The number of methoxy groups -OCH3 is 1. The highest BCUT2D eigenvalue weighted by atomic mass is 16.6. The number of carbonyl (C=O) groups excluding carboxylic acids is 1. The quantitative estimate of drug-likeness (QED) is 0.452. The summed E-state index contributed by atoms with van der Waals surface area (Å²) in [5.41, 5.74) is 4.07. The Hall–Kier alpha value is -1.81. The second-order valence-corrected chi connectivity index (χ2v) is 9.80. The Morgan fingerprint density at radius 2 is 2.14 bits per heavy atom. The van der Waals surface area contributed by atoms with Gasteiger partial charge in [-0.3, -0.25) is 9.69 Å². The van der Waals surface area contributed by atoms with Crippen molar-refractivity contribution in [2.75, 3.05) is 20.2 Å². The predicted molar refractivity (Wildman–Crippen MR) is 107 cm³/mol. The van der Waals surface area contributed by atoms with Crippen molar-refractivity contribution in [1.82, 2.24) is 4.90 Å². The third-order valence-corrected chi connectivity index (χ3v) is 8.36. The van der Waals surface area contributed by atoms with Gasteiger partial charge in [0, 0.05) is 29.0 Å². The molecule has 1 aromatic rings. The van der Waals surface area contributed by atoms with Gasteiger partial charge in [-0.25, -0.2) is 0 Å². The van der Waals surface area contributed by atoms with E-state index in [2.05, 4.69) is 24.0 Å². The molecule has 0 aromatic heterocycles. The van der Waals surface area contributed by atoms with E-state index in [9.17, 15) is 4.79 Å². The van der Waals surface area contributed by atoms with Crippen molar-refractivity contribution < 1.29 is 14.3 Å². The molecule has 2 aliphatic heterocycles. The molecule has 6 rings (SSSR count). The summed E-state index contributed by atoms with van der Waals surface area (Å²) >= 11 is 0. The number of allylic oxidation sites excluding steroid dienone is 1. The van der Waals surface area contributed by atoms with Gasteiger partial charge in [0.2, 0.25) is 0 Å². The summed E-state index contributed by atoms with van der Waals surface area (Å²) < 4.78 is 11.4. The first-order valence-electron chi connectivity index (χ1n) is 10.9. The SMILES string of the molecule is COc1ccc2c3c1OC(=O)C[C@@]31CCN(CC3CC3)[C@@H](C2)[C@@]12C=C(C)CC2. The van der Waals surface area contributed by atoms with Crippen molar-refractivity contribution in [2.24, 2.45) is 11.3 Å². The van der Waals surface area contributed by atoms with Gasteiger partial charge in [0.25, 0.3) is 0 Å². The Bertz CT molecular complexity index is 901. The molecule has 1 saturated heterocycles. The van der Waals surface area contributed by atoms with Crippen molar-refractivity contribution in [3.8, 4) is 11.5 Å². The normalized spacial score (nSPS) is 36.1. The van der Waals surface area contributed by atoms with E-state index in [0.29, 0.717) is 24.0 Å². The fourth-order valence-corrected chi connectivity index (χ4v) is 7.02. The lowest BCUT2D eigenvalue weighted by Gasteiger charge is -2.63. The van der Waals surface area contributed by atoms with Crippen molar-refractivity contribution >= 4 is 5.97 Å². The van der Waals surface area contributed by atoms with Crippen LogP contribution in [0.5, 0.6) is 11.5 Å². The molecule has 1 saturated carbocycles. The van der Waals surface area contributed by atoms with Gasteiger partial charge >= 0.3 is 5.97 Å². The van der Waals surface area contributed by atoms with E-state index in [0.717, 1.165) is 38.1 Å². The van der Waals surface area contributed by atoms with Crippen LogP contribution in [0, 0.1) is 11.3 Å². The molecule has 5 aliphatic rings. The minimum atomic E-state index is -0.137. The zero-order valence-corrected chi connectivity index (χ0v) is 16.9. The smallest absolute Gasteiger partial charge is 0.312 e. The van der Waals surface area contributed by atoms with Gasteiger partial charge in [0.05, 0.1) is 13.5 Å². The van der Waals surface area contributed by atoms with Gasteiger partial charge in [0.1, 0.15) is 0 Å². The summed E-state index contributed by atoms with van der Waals surface area (Å²) in [4.78, 5) is 15.7. The van der Waals surface area contributed by atoms with Crippen molar-refractivity contribution in [1.29, 1.82) is 0 Å². The summed E-state index contributed by atoms with van der Waals surface area (Å²) in [5.74, 6) is 2.22. The van der Waals surface area contributed by atoms with Crippen molar-refractivity contribution in [3.63, 3.8) is 0 Å². The maximum atomic E-state index is 12.9. The fourth-order valence-electron chi connectivity index (χ4n) is 7.02. The largest absolute Gasteiger partial charge is 0.493 e. The van der Waals surface area contributed by atoms with Crippen LogP contribution in [-0.4, -0.2) is 37.1 Å². The number of esters is 1. The number of hydrogen-bond donors (Lipinski definition) is 0. The molecule has 28 heavy (non-hydrogen) atoms. The van der Waals surface area contributed by atoms with Crippen LogP contribution in [0.2, 0.25) is 0 Å². The third kappa shape index (κ3) is 2.07. The molecule has 2 spiro atoms. The minimum Gasteiger partial charge on any atom is -0.493 e. The summed E-state index contributed by atoms with van der Waals surface area (Å²) in [5, 5.41) is 0. The Morgan fingerprint density at radius 3 is 2.86 bits per heavy atom. The molecule has 0 unspecified atom stereocenters. The van der Waals surface area contributed by atoms with Crippen LogP contribution >= 0.6 is 0 Å². The molecule has 2 heterocycles. The summed E-state index contributed by atoms with van der Waals surface area (Å²) in [6, 6.07) is 4.73. The van der Waals surface area contributed by atoms with Gasteiger partial charge in [0.15, 0.2) is 11.5 Å². The highest BCUT2D eigenvalue weighted by Gasteiger charge is 2.66.